The standard InChI is InChI=1S/C26H31F3N6O4S/c1-38-21-14-18(40(36,37)35-8-6-17(7-9-35)34-10-12-39-13-11-34)4-5-20(21)31-25-32-23(16-2-3-16)22-19(26(27,28)29)15-30-24(22)33-25/h4-5,14-17H,2-3,6-13H2,1H3,(H2,30,31,32,33). The molecule has 14 heteroatoms. The summed E-state index contributed by atoms with van der Waals surface area (Å²) in [7, 11) is -2.33. The van der Waals surface area contributed by atoms with Crippen molar-refractivity contribution in [2.45, 2.75) is 48.7 Å². The molecule has 2 aromatic heterocycles. The summed E-state index contributed by atoms with van der Waals surface area (Å²) in [5, 5.41) is 3.01. The van der Waals surface area contributed by atoms with E-state index in [4.69, 9.17) is 9.47 Å². The number of methoxy groups -OCH3 is 1. The van der Waals surface area contributed by atoms with E-state index in [1.165, 1.54) is 23.5 Å². The number of aromatic amines is 1. The van der Waals surface area contributed by atoms with Crippen LogP contribution in [0.3, 0.4) is 0 Å². The molecular formula is C26H31F3N6O4S. The number of ether oxygens (including phenoxy) is 2. The molecule has 0 unspecified atom stereocenters. The zero-order valence-electron chi connectivity index (χ0n) is 22.0. The Labute approximate surface area is 229 Å². The third-order valence-corrected chi connectivity index (χ3v) is 9.77. The Kier molecular flexibility index (Phi) is 7.13. The molecule has 216 valence electrons. The van der Waals surface area contributed by atoms with Crippen molar-refractivity contribution in [3.8, 4) is 5.75 Å². The molecule has 1 aromatic carbocycles. The van der Waals surface area contributed by atoms with Crippen LogP contribution in [0.4, 0.5) is 24.8 Å². The highest BCUT2D eigenvalue weighted by molar-refractivity contribution is 7.89. The molecule has 3 aromatic rings. The number of benzene rings is 1. The largest absolute Gasteiger partial charge is 0.495 e. The molecule has 6 rings (SSSR count). The maximum absolute atomic E-state index is 13.6. The molecule has 3 aliphatic rings. The first-order chi connectivity index (χ1) is 19.1. The quantitative estimate of drug-likeness (QED) is 0.430. The summed E-state index contributed by atoms with van der Waals surface area (Å²) in [6, 6.07) is 4.85. The normalized spacial score (nSPS) is 20.2. The first-order valence-electron chi connectivity index (χ1n) is 13.4. The minimum atomic E-state index is -4.53. The van der Waals surface area contributed by atoms with Crippen molar-refractivity contribution in [1.29, 1.82) is 0 Å². The highest BCUT2D eigenvalue weighted by atomic mass is 32.2. The molecule has 1 saturated carbocycles. The van der Waals surface area contributed by atoms with E-state index >= 15 is 0 Å². The molecule has 0 spiro atoms. The van der Waals surface area contributed by atoms with Crippen LogP contribution in [0.2, 0.25) is 0 Å². The first kappa shape index (κ1) is 27.2. The van der Waals surface area contributed by atoms with Crippen LogP contribution in [-0.4, -0.2) is 85.1 Å². The van der Waals surface area contributed by atoms with Gasteiger partial charge in [0.1, 0.15) is 11.4 Å². The lowest BCUT2D eigenvalue weighted by Gasteiger charge is -2.39. The monoisotopic (exact) mass is 580 g/mol. The number of halogens is 3. The predicted molar refractivity (Wildman–Crippen MR) is 141 cm³/mol. The molecule has 10 nitrogen and oxygen atoms in total. The van der Waals surface area contributed by atoms with Crippen LogP contribution in [0, 0.1) is 0 Å². The van der Waals surface area contributed by atoms with E-state index in [2.05, 4.69) is 25.2 Å². The molecule has 4 heterocycles. The van der Waals surface area contributed by atoms with Gasteiger partial charge in [-0.25, -0.2) is 13.4 Å². The van der Waals surface area contributed by atoms with Crippen molar-refractivity contribution in [3.63, 3.8) is 0 Å². The van der Waals surface area contributed by atoms with Crippen molar-refractivity contribution >= 4 is 32.7 Å². The summed E-state index contributed by atoms with van der Waals surface area (Å²) in [6.07, 6.45) is -0.579. The third-order valence-electron chi connectivity index (χ3n) is 7.87. The lowest BCUT2D eigenvalue weighted by molar-refractivity contribution is -0.136. The molecule has 3 fully saturated rings. The number of hydrogen-bond donors (Lipinski definition) is 2. The van der Waals surface area contributed by atoms with E-state index in [9.17, 15) is 21.6 Å². The Morgan fingerprint density at radius 3 is 2.45 bits per heavy atom. The summed E-state index contributed by atoms with van der Waals surface area (Å²) in [6.45, 7) is 4.02. The van der Waals surface area contributed by atoms with Crippen molar-refractivity contribution in [2.75, 3.05) is 51.8 Å². The number of nitrogens with one attached hydrogen (secondary N) is 2. The summed E-state index contributed by atoms with van der Waals surface area (Å²) in [5.74, 6) is 0.289. The van der Waals surface area contributed by atoms with Gasteiger partial charge in [-0.15, -0.1) is 0 Å². The van der Waals surface area contributed by atoms with Gasteiger partial charge >= 0.3 is 6.18 Å². The SMILES string of the molecule is COc1cc(S(=O)(=O)N2CCC(N3CCOCC3)CC2)ccc1Nc1nc(C2CC2)c2c(C(F)(F)F)c[nH]c2n1. The van der Waals surface area contributed by atoms with E-state index in [0.29, 0.717) is 43.7 Å². The first-order valence-corrected chi connectivity index (χ1v) is 14.8. The number of morpholine rings is 1. The highest BCUT2D eigenvalue weighted by Gasteiger charge is 2.38. The van der Waals surface area contributed by atoms with Gasteiger partial charge in [0.2, 0.25) is 16.0 Å². The van der Waals surface area contributed by atoms with Crippen molar-refractivity contribution in [2.24, 2.45) is 0 Å². The molecular weight excluding hydrogens is 549 g/mol. The molecule has 0 atom stereocenters. The number of nitrogens with zero attached hydrogens (tertiary/aromatic N) is 4. The van der Waals surface area contributed by atoms with Crippen LogP contribution in [0.25, 0.3) is 11.0 Å². The second-order valence-electron chi connectivity index (χ2n) is 10.4. The molecule has 2 N–H and O–H groups in total. The number of sulfonamides is 1. The third kappa shape index (κ3) is 5.24. The van der Waals surface area contributed by atoms with Gasteiger partial charge in [-0.3, -0.25) is 4.90 Å². The average molecular weight is 581 g/mol. The second-order valence-corrected chi connectivity index (χ2v) is 12.3. The van der Waals surface area contributed by atoms with Crippen molar-refractivity contribution < 1.29 is 31.1 Å². The number of aromatic nitrogens is 3. The number of hydrogen-bond acceptors (Lipinski definition) is 8. The summed E-state index contributed by atoms with van der Waals surface area (Å²) in [4.78, 5) is 13.8. The van der Waals surface area contributed by atoms with Crippen LogP contribution >= 0.6 is 0 Å². The molecule has 2 saturated heterocycles. The fraction of sp³-hybridized carbons (Fsp3) is 0.538. The minimum Gasteiger partial charge on any atom is -0.495 e. The molecule has 2 aliphatic heterocycles. The predicted octanol–water partition coefficient (Wildman–Crippen LogP) is 4.09. The molecule has 0 amide bonds. The maximum Gasteiger partial charge on any atom is 0.418 e. The molecule has 1 aliphatic carbocycles. The van der Waals surface area contributed by atoms with Crippen molar-refractivity contribution in [3.05, 3.63) is 35.7 Å². The highest BCUT2D eigenvalue weighted by Crippen LogP contribution is 2.46. The van der Waals surface area contributed by atoms with Crippen LogP contribution in [-0.2, 0) is 20.9 Å². The number of anilines is 2. The smallest absolute Gasteiger partial charge is 0.418 e. The zero-order chi connectivity index (χ0) is 28.1. The Morgan fingerprint density at radius 2 is 1.80 bits per heavy atom. The molecule has 0 bridgehead atoms. The van der Waals surface area contributed by atoms with E-state index < -0.39 is 21.8 Å². The van der Waals surface area contributed by atoms with E-state index in [-0.39, 0.29) is 33.5 Å². The molecule has 0 radical (unpaired) electrons. The number of alkyl halides is 3. The Hall–Kier alpha value is -2.94. The average Bonchev–Trinajstić information content (AvgIpc) is 3.70. The fourth-order valence-electron chi connectivity index (χ4n) is 5.59. The van der Waals surface area contributed by atoms with Crippen molar-refractivity contribution in [1.82, 2.24) is 24.2 Å². The number of rotatable bonds is 7. The lowest BCUT2D eigenvalue weighted by atomic mass is 10.0. The van der Waals surface area contributed by atoms with Crippen LogP contribution in [0.5, 0.6) is 5.75 Å². The lowest BCUT2D eigenvalue weighted by Crippen LogP contribution is -2.50. The van der Waals surface area contributed by atoms with Crippen LogP contribution in [0.1, 0.15) is 42.9 Å². The second kappa shape index (κ2) is 10.5. The topological polar surface area (TPSA) is 113 Å². The number of piperidine rings is 1. The van der Waals surface area contributed by atoms with Gasteiger partial charge < -0.3 is 19.8 Å². The van der Waals surface area contributed by atoms with Gasteiger partial charge in [-0.2, -0.15) is 22.5 Å². The minimum absolute atomic E-state index is 0.00801. The van der Waals surface area contributed by atoms with Crippen LogP contribution in [0.15, 0.2) is 29.3 Å². The van der Waals surface area contributed by atoms with E-state index in [0.717, 1.165) is 45.0 Å². The zero-order valence-corrected chi connectivity index (χ0v) is 22.8. The Balaban J connectivity index is 1.22. The van der Waals surface area contributed by atoms with E-state index in [1.807, 2.05) is 0 Å². The van der Waals surface area contributed by atoms with E-state index in [1.54, 1.807) is 6.07 Å². The van der Waals surface area contributed by atoms with Gasteiger partial charge in [0.15, 0.2) is 0 Å². The summed E-state index contributed by atoms with van der Waals surface area (Å²) < 4.78 is 80.0. The fourth-order valence-corrected chi connectivity index (χ4v) is 7.07. The number of H-pyrrole nitrogens is 1. The Morgan fingerprint density at radius 1 is 1.07 bits per heavy atom. The van der Waals surface area contributed by atoms with Gasteiger partial charge in [-0.05, 0) is 37.8 Å². The van der Waals surface area contributed by atoms with Gasteiger partial charge in [0, 0.05) is 50.4 Å². The van der Waals surface area contributed by atoms with Crippen LogP contribution < -0.4 is 10.1 Å². The van der Waals surface area contributed by atoms with Gasteiger partial charge in [0.25, 0.3) is 0 Å². The summed E-state index contributed by atoms with van der Waals surface area (Å²) >= 11 is 0. The number of fused-ring (bicyclic) bond motifs is 1. The van der Waals surface area contributed by atoms with Gasteiger partial charge in [-0.1, -0.05) is 0 Å². The summed E-state index contributed by atoms with van der Waals surface area (Å²) in [5.41, 5.74) is 0.0540. The molecule has 40 heavy (non-hydrogen) atoms. The Bertz CT molecular complexity index is 1490. The van der Waals surface area contributed by atoms with Gasteiger partial charge in [0.05, 0.1) is 47.6 Å². The maximum atomic E-state index is 13.6.